The molecule has 0 saturated heterocycles. The van der Waals surface area contributed by atoms with Crippen molar-refractivity contribution in [2.24, 2.45) is 0 Å². The molecule has 3 aromatic carbocycles. The van der Waals surface area contributed by atoms with Gasteiger partial charge in [-0.05, 0) is 88.2 Å². The first-order valence-corrected chi connectivity index (χ1v) is 16.1. The van der Waals surface area contributed by atoms with E-state index in [0.29, 0.717) is 53.6 Å². The molecule has 0 fully saturated rings. The molecule has 0 spiro atoms. The lowest BCUT2D eigenvalue weighted by molar-refractivity contribution is -0.113. The van der Waals surface area contributed by atoms with Crippen LogP contribution in [0.1, 0.15) is 48.1 Å². The van der Waals surface area contributed by atoms with Gasteiger partial charge < -0.3 is 24.8 Å². The Morgan fingerprint density at radius 2 is 1.55 bits per heavy atom. The summed E-state index contributed by atoms with van der Waals surface area (Å²) in [6, 6.07) is 16.8. The van der Waals surface area contributed by atoms with Crippen LogP contribution in [-0.4, -0.2) is 52.2 Å². The van der Waals surface area contributed by atoms with Crippen molar-refractivity contribution in [2.75, 3.05) is 30.9 Å². The largest absolute Gasteiger partial charge is 0.490 e. The van der Waals surface area contributed by atoms with Crippen LogP contribution in [0.25, 0.3) is 5.69 Å². The zero-order valence-electron chi connectivity index (χ0n) is 25.4. The summed E-state index contributed by atoms with van der Waals surface area (Å²) in [5.41, 5.74) is 3.97. The van der Waals surface area contributed by atoms with Gasteiger partial charge in [-0.3, -0.25) is 14.2 Å². The topological polar surface area (TPSA) is 117 Å². The Balaban J connectivity index is 1.55. The summed E-state index contributed by atoms with van der Waals surface area (Å²) in [6.45, 7) is 10.8. The molecule has 232 valence electrons. The number of aromatic nitrogens is 3. The van der Waals surface area contributed by atoms with Crippen LogP contribution in [0, 0.1) is 13.8 Å². The first-order chi connectivity index (χ1) is 21.2. The number of nitrogens with one attached hydrogen (secondary N) is 2. The summed E-state index contributed by atoms with van der Waals surface area (Å²) in [6.07, 6.45) is 0. The number of benzene rings is 3. The number of ether oxygens (including phenoxy) is 3. The molecular weight excluding hydrogens is 646 g/mol. The Hall–Kier alpha value is -4.03. The maximum atomic E-state index is 13.4. The molecule has 0 aliphatic rings. The molecule has 0 saturated carbocycles. The maximum absolute atomic E-state index is 13.4. The summed E-state index contributed by atoms with van der Waals surface area (Å²) in [4.78, 5) is 26.2. The van der Waals surface area contributed by atoms with Gasteiger partial charge in [-0.1, -0.05) is 39.8 Å². The number of aryl methyl sites for hydroxylation is 2. The van der Waals surface area contributed by atoms with Gasteiger partial charge in [-0.15, -0.1) is 10.2 Å². The van der Waals surface area contributed by atoms with Gasteiger partial charge in [0.2, 0.25) is 11.7 Å². The molecular formula is C32H36BrN5O5S. The number of amides is 2. The molecule has 0 aliphatic heterocycles. The highest BCUT2D eigenvalue weighted by Gasteiger charge is 2.21. The number of hydrogen-bond acceptors (Lipinski definition) is 8. The van der Waals surface area contributed by atoms with Crippen LogP contribution in [0.5, 0.6) is 17.2 Å². The van der Waals surface area contributed by atoms with E-state index in [0.717, 1.165) is 27.0 Å². The normalized spacial score (nSPS) is 10.8. The van der Waals surface area contributed by atoms with Gasteiger partial charge in [0.15, 0.2) is 22.5 Å². The summed E-state index contributed by atoms with van der Waals surface area (Å²) in [5.74, 6) is 1.45. The fourth-order valence-corrected chi connectivity index (χ4v) is 5.36. The summed E-state index contributed by atoms with van der Waals surface area (Å²) < 4.78 is 20.0. The van der Waals surface area contributed by atoms with Crippen molar-refractivity contribution in [1.29, 1.82) is 0 Å². The first kappa shape index (κ1) is 32.9. The first-order valence-electron chi connectivity index (χ1n) is 14.3. The van der Waals surface area contributed by atoms with Crippen LogP contribution in [0.3, 0.4) is 0 Å². The molecule has 0 unspecified atom stereocenters. The van der Waals surface area contributed by atoms with Crippen LogP contribution in [-0.2, 0) is 11.3 Å². The number of rotatable bonds is 14. The lowest BCUT2D eigenvalue weighted by atomic mass is 10.1. The van der Waals surface area contributed by atoms with Gasteiger partial charge in [-0.2, -0.15) is 0 Å². The van der Waals surface area contributed by atoms with Gasteiger partial charge >= 0.3 is 0 Å². The van der Waals surface area contributed by atoms with Crippen molar-refractivity contribution in [1.82, 2.24) is 20.1 Å². The number of halogens is 1. The molecule has 0 radical (unpaired) electrons. The van der Waals surface area contributed by atoms with Gasteiger partial charge in [0.1, 0.15) is 0 Å². The lowest BCUT2D eigenvalue weighted by Crippen LogP contribution is -2.25. The summed E-state index contributed by atoms with van der Waals surface area (Å²) >= 11 is 4.74. The average Bonchev–Trinajstić information content (AvgIpc) is 3.41. The third kappa shape index (κ3) is 8.32. The highest BCUT2D eigenvalue weighted by molar-refractivity contribution is 9.10. The molecule has 2 amide bonds. The molecule has 0 atom stereocenters. The number of carbonyl (C=O) groups is 2. The Morgan fingerprint density at radius 1 is 0.886 bits per heavy atom. The van der Waals surface area contributed by atoms with E-state index in [4.69, 9.17) is 14.2 Å². The van der Waals surface area contributed by atoms with E-state index >= 15 is 0 Å². The standard InChI is InChI=1S/C32H36BrN5O5S/c1-6-41-26-16-22(17-27(42-7-2)30(26)43-8-3)31(40)34-18-28-36-37-32(38(28)24-13-11-23(33)12-14-24)44-19-29(39)35-25-15-20(4)9-10-21(25)5/h9-17H,6-8,18-19H2,1-5H3,(H,34,40)(H,35,39). The number of anilines is 1. The molecule has 1 aromatic heterocycles. The van der Waals surface area contributed by atoms with Crippen molar-refractivity contribution in [3.05, 3.63) is 81.6 Å². The maximum Gasteiger partial charge on any atom is 0.251 e. The fraction of sp³-hybridized carbons (Fsp3) is 0.312. The Morgan fingerprint density at radius 3 is 2.18 bits per heavy atom. The van der Waals surface area contributed by atoms with Crippen molar-refractivity contribution < 1.29 is 23.8 Å². The minimum Gasteiger partial charge on any atom is -0.490 e. The van der Waals surface area contributed by atoms with Crippen molar-refractivity contribution in [3.63, 3.8) is 0 Å². The van der Waals surface area contributed by atoms with Crippen molar-refractivity contribution in [2.45, 2.75) is 46.3 Å². The van der Waals surface area contributed by atoms with Crippen LogP contribution in [0.4, 0.5) is 5.69 Å². The smallest absolute Gasteiger partial charge is 0.251 e. The minimum absolute atomic E-state index is 0.0816. The van der Waals surface area contributed by atoms with Crippen LogP contribution in [0.2, 0.25) is 0 Å². The van der Waals surface area contributed by atoms with E-state index in [-0.39, 0.29) is 24.1 Å². The van der Waals surface area contributed by atoms with Crippen LogP contribution >= 0.6 is 27.7 Å². The zero-order chi connectivity index (χ0) is 31.6. The Kier molecular flexibility index (Phi) is 11.7. The molecule has 10 nitrogen and oxygen atoms in total. The molecule has 12 heteroatoms. The summed E-state index contributed by atoms with van der Waals surface area (Å²) in [5, 5.41) is 15.2. The van der Waals surface area contributed by atoms with Gasteiger partial charge in [-0.25, -0.2) is 0 Å². The molecule has 0 aliphatic carbocycles. The predicted octanol–water partition coefficient (Wildman–Crippen LogP) is 6.50. The number of hydrogen-bond donors (Lipinski definition) is 2. The third-order valence-electron chi connectivity index (χ3n) is 6.36. The monoisotopic (exact) mass is 681 g/mol. The van der Waals surface area contributed by atoms with Crippen LogP contribution < -0.4 is 24.8 Å². The van der Waals surface area contributed by atoms with E-state index in [1.54, 1.807) is 12.1 Å². The van der Waals surface area contributed by atoms with E-state index in [1.165, 1.54) is 11.8 Å². The van der Waals surface area contributed by atoms with E-state index in [2.05, 4.69) is 36.8 Å². The second-order valence-corrected chi connectivity index (χ2v) is 11.5. The van der Waals surface area contributed by atoms with E-state index in [9.17, 15) is 9.59 Å². The molecule has 44 heavy (non-hydrogen) atoms. The second kappa shape index (κ2) is 15.6. The SMILES string of the molecule is CCOc1cc(C(=O)NCc2nnc(SCC(=O)Nc3cc(C)ccc3C)n2-c2ccc(Br)cc2)cc(OCC)c1OCC. The summed E-state index contributed by atoms with van der Waals surface area (Å²) in [7, 11) is 0. The average molecular weight is 683 g/mol. The lowest BCUT2D eigenvalue weighted by Gasteiger charge is -2.17. The molecule has 4 rings (SSSR count). The van der Waals surface area contributed by atoms with Gasteiger partial charge in [0, 0.05) is 21.4 Å². The number of nitrogens with zero attached hydrogens (tertiary/aromatic N) is 3. The van der Waals surface area contributed by atoms with Gasteiger partial charge in [0.25, 0.3) is 5.91 Å². The van der Waals surface area contributed by atoms with Gasteiger partial charge in [0.05, 0.1) is 32.1 Å². The number of thioether (sulfide) groups is 1. The molecule has 0 bridgehead atoms. The van der Waals surface area contributed by atoms with Crippen LogP contribution in [0.15, 0.2) is 64.2 Å². The van der Waals surface area contributed by atoms with E-state index < -0.39 is 0 Å². The van der Waals surface area contributed by atoms with Crippen molar-refractivity contribution in [3.8, 4) is 22.9 Å². The molecule has 2 N–H and O–H groups in total. The fourth-order valence-electron chi connectivity index (χ4n) is 4.33. The minimum atomic E-state index is -0.345. The predicted molar refractivity (Wildman–Crippen MR) is 175 cm³/mol. The van der Waals surface area contributed by atoms with Crippen molar-refractivity contribution >= 4 is 45.2 Å². The zero-order valence-corrected chi connectivity index (χ0v) is 27.8. The quantitative estimate of drug-likeness (QED) is 0.145. The molecule has 1 heterocycles. The number of carbonyl (C=O) groups excluding carboxylic acids is 2. The highest BCUT2D eigenvalue weighted by Crippen LogP contribution is 2.39. The second-order valence-electron chi connectivity index (χ2n) is 9.65. The highest BCUT2D eigenvalue weighted by atomic mass is 79.9. The Bertz CT molecular complexity index is 1580. The Labute approximate surface area is 270 Å². The van der Waals surface area contributed by atoms with E-state index in [1.807, 2.05) is 81.7 Å². The third-order valence-corrected chi connectivity index (χ3v) is 7.82. The molecule has 4 aromatic rings.